The number of carboxylic acids is 1. The van der Waals surface area contributed by atoms with Crippen LogP contribution in [-0.4, -0.2) is 22.0 Å². The van der Waals surface area contributed by atoms with E-state index in [1.165, 1.54) is 23.7 Å². The van der Waals surface area contributed by atoms with Gasteiger partial charge in [0.2, 0.25) is 0 Å². The van der Waals surface area contributed by atoms with Crippen molar-refractivity contribution in [3.63, 3.8) is 0 Å². The van der Waals surface area contributed by atoms with E-state index in [9.17, 15) is 14.7 Å². The molecule has 2 N–H and O–H groups in total. The summed E-state index contributed by atoms with van der Waals surface area (Å²) in [5.41, 5.74) is 0.284. The molecule has 0 radical (unpaired) electrons. The fourth-order valence-corrected chi connectivity index (χ4v) is 2.10. The highest BCUT2D eigenvalue weighted by molar-refractivity contribution is 7.13. The first-order chi connectivity index (χ1) is 8.59. The maximum absolute atomic E-state index is 11.0. The number of hydrogen-bond donors (Lipinski definition) is 2. The van der Waals surface area contributed by atoms with E-state index in [1.54, 1.807) is 6.07 Å². The zero-order valence-electron chi connectivity index (χ0n) is 8.99. The average molecular weight is 264 g/mol. The Kier molecular flexibility index (Phi) is 3.29. The van der Waals surface area contributed by atoms with Gasteiger partial charge in [0.15, 0.2) is 5.76 Å². The molecule has 18 heavy (non-hydrogen) atoms. The third-order valence-corrected chi connectivity index (χ3v) is 3.03. The Hall–Kier alpha value is -2.34. The van der Waals surface area contributed by atoms with Crippen molar-refractivity contribution in [1.82, 2.24) is 0 Å². The van der Waals surface area contributed by atoms with Gasteiger partial charge in [-0.25, -0.2) is 4.79 Å². The summed E-state index contributed by atoms with van der Waals surface area (Å²) >= 11 is 1.40. The van der Waals surface area contributed by atoms with Crippen molar-refractivity contribution >= 4 is 28.8 Å². The van der Waals surface area contributed by atoms with Crippen molar-refractivity contribution < 1.29 is 24.2 Å². The zero-order chi connectivity index (χ0) is 13.1. The number of aliphatic hydroxyl groups excluding tert-OH is 1. The zero-order valence-corrected chi connectivity index (χ0v) is 9.81. The molecule has 0 aliphatic carbocycles. The molecule has 0 saturated heterocycles. The lowest BCUT2D eigenvalue weighted by Crippen LogP contribution is -2.09. The Morgan fingerprint density at radius 2 is 2.06 bits per heavy atom. The third-order valence-electron chi connectivity index (χ3n) is 2.16. The van der Waals surface area contributed by atoms with E-state index in [0.717, 1.165) is 4.88 Å². The standard InChI is InChI=1S/C12H8O5S/c13-8(6-9(14)12(15)16)7-3-4-17-11(7)10-2-1-5-18-10/h1-6,13H,(H,15,16). The van der Waals surface area contributed by atoms with Crippen LogP contribution in [0.15, 0.2) is 40.3 Å². The molecular weight excluding hydrogens is 256 g/mol. The molecule has 2 rings (SSSR count). The molecule has 0 fully saturated rings. The Bertz CT molecular complexity index is 606. The van der Waals surface area contributed by atoms with Gasteiger partial charge < -0.3 is 14.6 Å². The minimum atomic E-state index is -1.62. The molecule has 6 heteroatoms. The minimum Gasteiger partial charge on any atom is -0.507 e. The second kappa shape index (κ2) is 4.89. The monoisotopic (exact) mass is 264 g/mol. The molecule has 2 aromatic rings. The number of rotatable bonds is 4. The van der Waals surface area contributed by atoms with Crippen LogP contribution in [0.25, 0.3) is 16.4 Å². The van der Waals surface area contributed by atoms with Crippen LogP contribution in [0.5, 0.6) is 0 Å². The summed E-state index contributed by atoms with van der Waals surface area (Å²) in [4.78, 5) is 22.1. The second-order valence-electron chi connectivity index (χ2n) is 3.34. The summed E-state index contributed by atoms with van der Waals surface area (Å²) in [5, 5.41) is 20.0. The number of carbonyl (C=O) groups excluding carboxylic acids is 1. The van der Waals surface area contributed by atoms with Crippen molar-refractivity contribution in [3.8, 4) is 10.6 Å². The van der Waals surface area contributed by atoms with E-state index >= 15 is 0 Å². The van der Waals surface area contributed by atoms with Gasteiger partial charge in [-0.05, 0) is 17.5 Å². The van der Waals surface area contributed by atoms with Crippen LogP contribution < -0.4 is 0 Å². The molecule has 2 heterocycles. The second-order valence-corrected chi connectivity index (χ2v) is 4.29. The number of furan rings is 1. The van der Waals surface area contributed by atoms with Crippen LogP contribution in [-0.2, 0) is 9.59 Å². The van der Waals surface area contributed by atoms with E-state index in [4.69, 9.17) is 9.52 Å². The molecule has 0 bridgehead atoms. The summed E-state index contributed by atoms with van der Waals surface area (Å²) in [6.07, 6.45) is 2.02. The smallest absolute Gasteiger partial charge is 0.376 e. The Morgan fingerprint density at radius 3 is 2.67 bits per heavy atom. The molecule has 0 aromatic carbocycles. The number of aliphatic hydroxyl groups is 1. The van der Waals surface area contributed by atoms with Gasteiger partial charge >= 0.3 is 5.97 Å². The fraction of sp³-hybridized carbons (Fsp3) is 0. The Morgan fingerprint density at radius 1 is 1.28 bits per heavy atom. The molecule has 5 nitrogen and oxygen atoms in total. The summed E-state index contributed by atoms with van der Waals surface area (Å²) < 4.78 is 5.22. The molecule has 0 amide bonds. The predicted octanol–water partition coefficient (Wildman–Crippen LogP) is 2.56. The van der Waals surface area contributed by atoms with Crippen molar-refractivity contribution in [2.24, 2.45) is 0 Å². The van der Waals surface area contributed by atoms with Gasteiger partial charge in [-0.1, -0.05) is 6.07 Å². The average Bonchev–Trinajstić information content (AvgIpc) is 2.99. The Labute approximate surface area is 106 Å². The molecule has 0 spiro atoms. The molecule has 0 aliphatic rings. The van der Waals surface area contributed by atoms with Crippen LogP contribution in [0.4, 0.5) is 0 Å². The molecule has 0 atom stereocenters. The van der Waals surface area contributed by atoms with Crippen molar-refractivity contribution in [1.29, 1.82) is 0 Å². The lowest BCUT2D eigenvalue weighted by Gasteiger charge is -1.98. The van der Waals surface area contributed by atoms with E-state index in [2.05, 4.69) is 0 Å². The molecule has 2 aromatic heterocycles. The van der Waals surface area contributed by atoms with Gasteiger partial charge in [-0.3, -0.25) is 4.79 Å². The number of hydrogen-bond acceptors (Lipinski definition) is 5. The van der Waals surface area contributed by atoms with Crippen LogP contribution in [0.2, 0.25) is 0 Å². The van der Waals surface area contributed by atoms with Gasteiger partial charge in [0.25, 0.3) is 5.78 Å². The van der Waals surface area contributed by atoms with E-state index in [-0.39, 0.29) is 5.56 Å². The fourth-order valence-electron chi connectivity index (χ4n) is 1.37. The van der Waals surface area contributed by atoms with Gasteiger partial charge in [0.05, 0.1) is 16.7 Å². The maximum atomic E-state index is 11.0. The number of aliphatic carboxylic acids is 1. The third kappa shape index (κ3) is 2.33. The van der Waals surface area contributed by atoms with Gasteiger partial charge in [-0.2, -0.15) is 0 Å². The van der Waals surface area contributed by atoms with E-state index < -0.39 is 17.5 Å². The SMILES string of the molecule is O=C(O)C(=O)C=C(O)c1ccoc1-c1cccs1. The van der Waals surface area contributed by atoms with Gasteiger partial charge in [-0.15, -0.1) is 11.3 Å². The molecule has 0 unspecified atom stereocenters. The van der Waals surface area contributed by atoms with Crippen LogP contribution in [0, 0.1) is 0 Å². The highest BCUT2D eigenvalue weighted by atomic mass is 32.1. The lowest BCUT2D eigenvalue weighted by atomic mass is 10.1. The topological polar surface area (TPSA) is 87.7 Å². The summed E-state index contributed by atoms with van der Waals surface area (Å²) in [6, 6.07) is 5.07. The maximum Gasteiger partial charge on any atom is 0.376 e. The van der Waals surface area contributed by atoms with Crippen molar-refractivity contribution in [2.75, 3.05) is 0 Å². The molecular formula is C12H8O5S. The number of carbonyl (C=O) groups is 2. The molecule has 92 valence electrons. The summed E-state index contributed by atoms with van der Waals surface area (Å²) in [7, 11) is 0. The first kappa shape index (κ1) is 12.1. The first-order valence-electron chi connectivity index (χ1n) is 4.89. The quantitative estimate of drug-likeness (QED) is 0.503. The molecule has 0 saturated carbocycles. The van der Waals surface area contributed by atoms with Gasteiger partial charge in [0.1, 0.15) is 5.76 Å². The summed E-state index contributed by atoms with van der Waals surface area (Å²) in [6.45, 7) is 0. The normalized spacial score (nSPS) is 11.4. The van der Waals surface area contributed by atoms with Crippen molar-refractivity contribution in [2.45, 2.75) is 0 Å². The lowest BCUT2D eigenvalue weighted by molar-refractivity contribution is -0.146. The summed E-state index contributed by atoms with van der Waals surface area (Å²) in [5.74, 6) is -2.84. The minimum absolute atomic E-state index is 0.284. The predicted molar refractivity (Wildman–Crippen MR) is 65.3 cm³/mol. The Balaban J connectivity index is 2.38. The van der Waals surface area contributed by atoms with E-state index in [1.807, 2.05) is 11.4 Å². The van der Waals surface area contributed by atoms with Gasteiger partial charge in [0, 0.05) is 6.08 Å². The van der Waals surface area contributed by atoms with Crippen LogP contribution in [0.1, 0.15) is 5.56 Å². The highest BCUT2D eigenvalue weighted by Gasteiger charge is 2.16. The number of carboxylic acid groups (broad SMARTS) is 1. The van der Waals surface area contributed by atoms with Crippen LogP contribution in [0.3, 0.4) is 0 Å². The van der Waals surface area contributed by atoms with E-state index in [0.29, 0.717) is 11.8 Å². The highest BCUT2D eigenvalue weighted by Crippen LogP contribution is 2.32. The molecule has 0 aliphatic heterocycles. The number of thiophene rings is 1. The van der Waals surface area contributed by atoms with Crippen LogP contribution >= 0.6 is 11.3 Å². The van der Waals surface area contributed by atoms with Crippen molar-refractivity contribution in [3.05, 3.63) is 41.5 Å². The first-order valence-corrected chi connectivity index (χ1v) is 5.77. The number of ketones is 1. The largest absolute Gasteiger partial charge is 0.507 e.